The summed E-state index contributed by atoms with van der Waals surface area (Å²) in [5, 5.41) is 16.6. The highest BCUT2D eigenvalue weighted by Gasteiger charge is 1.99. The lowest BCUT2D eigenvalue weighted by Crippen LogP contribution is -2.05. The van der Waals surface area contributed by atoms with Gasteiger partial charge in [0.05, 0.1) is 19.4 Å². The number of aromatic nitrogens is 3. The number of nitrogens with zero attached hydrogens (tertiary/aromatic N) is 3. The van der Waals surface area contributed by atoms with Crippen molar-refractivity contribution in [3.05, 3.63) is 41.7 Å². The lowest BCUT2D eigenvalue weighted by Gasteiger charge is -2.06. The highest BCUT2D eigenvalue weighted by molar-refractivity contribution is 5.27. The van der Waals surface area contributed by atoms with E-state index in [0.29, 0.717) is 12.3 Å². The van der Waals surface area contributed by atoms with Crippen LogP contribution in [0.25, 0.3) is 0 Å². The van der Waals surface area contributed by atoms with Gasteiger partial charge in [0, 0.05) is 13.0 Å². The molecule has 102 valence electrons. The van der Waals surface area contributed by atoms with Crippen molar-refractivity contribution in [2.45, 2.75) is 32.9 Å². The normalized spacial score (nSPS) is 10.6. The highest BCUT2D eigenvalue weighted by Crippen LogP contribution is 2.12. The van der Waals surface area contributed by atoms with Crippen LogP contribution in [0.1, 0.15) is 24.6 Å². The van der Waals surface area contributed by atoms with Crippen molar-refractivity contribution in [1.29, 1.82) is 0 Å². The minimum absolute atomic E-state index is 0.0692. The van der Waals surface area contributed by atoms with Gasteiger partial charge in [0.15, 0.2) is 0 Å². The van der Waals surface area contributed by atoms with Gasteiger partial charge in [-0.15, -0.1) is 5.10 Å². The zero-order valence-electron chi connectivity index (χ0n) is 11.1. The quantitative estimate of drug-likeness (QED) is 0.772. The molecule has 19 heavy (non-hydrogen) atoms. The predicted molar refractivity (Wildman–Crippen MR) is 71.9 cm³/mol. The molecule has 0 aliphatic heterocycles. The van der Waals surface area contributed by atoms with Crippen molar-refractivity contribution in [1.82, 2.24) is 15.0 Å². The van der Waals surface area contributed by atoms with E-state index in [4.69, 9.17) is 9.84 Å². The molecular formula is C14H19N3O2. The van der Waals surface area contributed by atoms with Gasteiger partial charge in [-0.05, 0) is 24.1 Å². The van der Waals surface area contributed by atoms with E-state index in [1.54, 1.807) is 10.9 Å². The number of hydrogen-bond donors (Lipinski definition) is 1. The molecule has 0 spiro atoms. The minimum Gasteiger partial charge on any atom is -0.494 e. The molecule has 0 unspecified atom stereocenters. The fraction of sp³-hybridized carbons (Fsp3) is 0.429. The Morgan fingerprint density at radius 2 is 2.05 bits per heavy atom. The molecule has 1 aromatic carbocycles. The Labute approximate surface area is 112 Å². The monoisotopic (exact) mass is 261 g/mol. The Bertz CT molecular complexity index is 494. The molecule has 0 amide bonds. The SMILES string of the molecule is CCc1ccc(OCCCn2cc(CO)nn2)cc1. The smallest absolute Gasteiger partial charge is 0.119 e. The van der Waals surface area contributed by atoms with E-state index in [1.807, 2.05) is 12.1 Å². The Balaban J connectivity index is 1.71. The molecule has 0 aliphatic carbocycles. The molecule has 0 saturated heterocycles. The van der Waals surface area contributed by atoms with Crippen molar-refractivity contribution in [2.75, 3.05) is 6.61 Å². The van der Waals surface area contributed by atoms with Crippen LogP contribution >= 0.6 is 0 Å². The van der Waals surface area contributed by atoms with E-state index in [-0.39, 0.29) is 6.61 Å². The molecule has 2 rings (SSSR count). The second-order valence-corrected chi connectivity index (χ2v) is 4.33. The van der Waals surface area contributed by atoms with Crippen LogP contribution in [0.2, 0.25) is 0 Å². The fourth-order valence-electron chi connectivity index (χ4n) is 1.76. The maximum atomic E-state index is 8.87. The molecule has 0 saturated carbocycles. The number of ether oxygens (including phenoxy) is 1. The number of aliphatic hydroxyl groups excluding tert-OH is 1. The molecule has 0 fully saturated rings. The first kappa shape index (κ1) is 13.5. The third kappa shape index (κ3) is 4.06. The summed E-state index contributed by atoms with van der Waals surface area (Å²) in [6, 6.07) is 8.16. The first-order valence-corrected chi connectivity index (χ1v) is 6.53. The average molecular weight is 261 g/mol. The number of aliphatic hydroxyl groups is 1. The largest absolute Gasteiger partial charge is 0.494 e. The van der Waals surface area contributed by atoms with E-state index in [2.05, 4.69) is 29.4 Å². The summed E-state index contributed by atoms with van der Waals surface area (Å²) >= 11 is 0. The third-order valence-electron chi connectivity index (χ3n) is 2.88. The Kier molecular flexibility index (Phi) is 4.92. The second kappa shape index (κ2) is 6.89. The van der Waals surface area contributed by atoms with E-state index >= 15 is 0 Å². The Morgan fingerprint density at radius 3 is 2.68 bits per heavy atom. The van der Waals surface area contributed by atoms with Gasteiger partial charge in [-0.3, -0.25) is 4.68 Å². The molecule has 5 heteroatoms. The van der Waals surface area contributed by atoms with Crippen LogP contribution in [0.5, 0.6) is 5.75 Å². The van der Waals surface area contributed by atoms with Crippen LogP contribution in [0.4, 0.5) is 0 Å². The highest BCUT2D eigenvalue weighted by atomic mass is 16.5. The van der Waals surface area contributed by atoms with Crippen molar-refractivity contribution < 1.29 is 9.84 Å². The fourth-order valence-corrected chi connectivity index (χ4v) is 1.76. The van der Waals surface area contributed by atoms with Gasteiger partial charge >= 0.3 is 0 Å². The summed E-state index contributed by atoms with van der Waals surface area (Å²) < 4.78 is 7.37. The maximum Gasteiger partial charge on any atom is 0.119 e. The number of aryl methyl sites for hydroxylation is 2. The van der Waals surface area contributed by atoms with Crippen LogP contribution in [0.15, 0.2) is 30.5 Å². The van der Waals surface area contributed by atoms with Crippen molar-refractivity contribution in [3.8, 4) is 5.75 Å². The van der Waals surface area contributed by atoms with Crippen molar-refractivity contribution in [3.63, 3.8) is 0 Å². The average Bonchev–Trinajstić information content (AvgIpc) is 2.92. The van der Waals surface area contributed by atoms with Crippen LogP contribution < -0.4 is 4.74 Å². The summed E-state index contributed by atoms with van der Waals surface area (Å²) in [7, 11) is 0. The molecule has 5 nitrogen and oxygen atoms in total. The Hall–Kier alpha value is -1.88. The molecule has 1 aromatic heterocycles. The molecule has 0 aliphatic rings. The standard InChI is InChI=1S/C14H19N3O2/c1-2-12-4-6-14(7-5-12)19-9-3-8-17-10-13(11-18)15-16-17/h4-7,10,18H,2-3,8-9,11H2,1H3. The summed E-state index contributed by atoms with van der Waals surface area (Å²) in [6.07, 6.45) is 3.64. The van der Waals surface area contributed by atoms with E-state index < -0.39 is 0 Å². The van der Waals surface area contributed by atoms with Crippen LogP contribution in [-0.4, -0.2) is 26.7 Å². The number of rotatable bonds is 7. The van der Waals surface area contributed by atoms with Gasteiger partial charge in [0.1, 0.15) is 11.4 Å². The lowest BCUT2D eigenvalue weighted by atomic mass is 10.2. The van der Waals surface area contributed by atoms with Crippen molar-refractivity contribution >= 4 is 0 Å². The molecule has 2 aromatic rings. The maximum absolute atomic E-state index is 8.87. The topological polar surface area (TPSA) is 60.2 Å². The van der Waals surface area contributed by atoms with Crippen molar-refractivity contribution in [2.24, 2.45) is 0 Å². The molecule has 1 heterocycles. The van der Waals surface area contributed by atoms with Crippen LogP contribution in [-0.2, 0) is 19.6 Å². The zero-order chi connectivity index (χ0) is 13.5. The van der Waals surface area contributed by atoms with Gasteiger partial charge in [-0.1, -0.05) is 24.3 Å². The summed E-state index contributed by atoms with van der Waals surface area (Å²) in [5.41, 5.74) is 1.91. The number of hydrogen-bond acceptors (Lipinski definition) is 4. The van der Waals surface area contributed by atoms with Gasteiger partial charge in [0.25, 0.3) is 0 Å². The van der Waals surface area contributed by atoms with E-state index in [9.17, 15) is 0 Å². The van der Waals surface area contributed by atoms with E-state index in [1.165, 1.54) is 5.56 Å². The first-order chi connectivity index (χ1) is 9.31. The van der Waals surface area contributed by atoms with Gasteiger partial charge < -0.3 is 9.84 Å². The molecule has 0 radical (unpaired) electrons. The Morgan fingerprint density at radius 1 is 1.26 bits per heavy atom. The summed E-state index contributed by atoms with van der Waals surface area (Å²) in [5.74, 6) is 0.895. The van der Waals surface area contributed by atoms with Crippen LogP contribution in [0.3, 0.4) is 0 Å². The molecule has 0 atom stereocenters. The zero-order valence-corrected chi connectivity index (χ0v) is 11.1. The molecular weight excluding hydrogens is 242 g/mol. The lowest BCUT2D eigenvalue weighted by molar-refractivity contribution is 0.276. The van der Waals surface area contributed by atoms with Gasteiger partial charge in [-0.2, -0.15) is 0 Å². The summed E-state index contributed by atoms with van der Waals surface area (Å²) in [4.78, 5) is 0. The summed E-state index contributed by atoms with van der Waals surface area (Å²) in [6.45, 7) is 3.44. The second-order valence-electron chi connectivity index (χ2n) is 4.33. The number of benzene rings is 1. The predicted octanol–water partition coefficient (Wildman–Crippen LogP) is 1.80. The first-order valence-electron chi connectivity index (χ1n) is 6.53. The van der Waals surface area contributed by atoms with Crippen LogP contribution in [0, 0.1) is 0 Å². The molecule has 0 bridgehead atoms. The minimum atomic E-state index is -0.0692. The third-order valence-corrected chi connectivity index (χ3v) is 2.88. The molecule has 1 N–H and O–H groups in total. The van der Waals surface area contributed by atoms with Gasteiger partial charge in [-0.25, -0.2) is 0 Å². The van der Waals surface area contributed by atoms with E-state index in [0.717, 1.165) is 25.1 Å². The van der Waals surface area contributed by atoms with Gasteiger partial charge in [0.2, 0.25) is 0 Å².